The molecule has 0 saturated carbocycles. The van der Waals surface area contributed by atoms with Crippen molar-refractivity contribution in [1.29, 1.82) is 0 Å². The number of ether oxygens (including phenoxy) is 1. The van der Waals surface area contributed by atoms with Gasteiger partial charge in [0.05, 0.1) is 6.10 Å². The van der Waals surface area contributed by atoms with Crippen LogP contribution in [0.4, 0.5) is 0 Å². The average Bonchev–Trinajstić information content (AvgIpc) is 2.59. The van der Waals surface area contributed by atoms with Gasteiger partial charge in [-0.15, -0.1) is 0 Å². The van der Waals surface area contributed by atoms with Crippen molar-refractivity contribution < 1.29 is 14.6 Å². The van der Waals surface area contributed by atoms with Gasteiger partial charge < -0.3 is 9.84 Å². The van der Waals surface area contributed by atoms with Crippen LogP contribution in [0.1, 0.15) is 47.0 Å². The molecule has 1 saturated heterocycles. The normalized spacial score (nSPS) is 23.7. The monoisotopic (exact) mass is 243 g/mol. The van der Waals surface area contributed by atoms with Crippen molar-refractivity contribution >= 4 is 5.97 Å². The molecule has 1 fully saturated rings. The van der Waals surface area contributed by atoms with Gasteiger partial charge >= 0.3 is 5.97 Å². The highest BCUT2D eigenvalue weighted by molar-refractivity contribution is 5.76. The van der Waals surface area contributed by atoms with E-state index in [0.717, 1.165) is 25.9 Å². The number of aliphatic hydroxyl groups is 1. The van der Waals surface area contributed by atoms with Crippen molar-refractivity contribution in [2.75, 3.05) is 13.1 Å². The zero-order chi connectivity index (χ0) is 13.1. The van der Waals surface area contributed by atoms with Gasteiger partial charge in [0, 0.05) is 6.54 Å². The third kappa shape index (κ3) is 5.04. The highest BCUT2D eigenvalue weighted by Crippen LogP contribution is 2.21. The van der Waals surface area contributed by atoms with E-state index < -0.39 is 5.60 Å². The van der Waals surface area contributed by atoms with Crippen molar-refractivity contribution in [3.05, 3.63) is 0 Å². The first kappa shape index (κ1) is 14.5. The lowest BCUT2D eigenvalue weighted by atomic mass is 10.1. The molecule has 0 aromatic rings. The molecular formula is C13H25NO3. The Labute approximate surface area is 104 Å². The maximum absolute atomic E-state index is 12.0. The largest absolute Gasteiger partial charge is 0.459 e. The van der Waals surface area contributed by atoms with Gasteiger partial charge in [0.2, 0.25) is 0 Å². The third-order valence-electron chi connectivity index (χ3n) is 2.88. The minimum absolute atomic E-state index is 0.118. The molecule has 100 valence electrons. The molecule has 0 amide bonds. The fraction of sp³-hybridized carbons (Fsp3) is 0.923. The first-order chi connectivity index (χ1) is 7.79. The SMILES string of the molecule is CC(O)CCN1CCC[C@H]1C(=O)OC(C)(C)C. The van der Waals surface area contributed by atoms with Crippen LogP contribution in [0.25, 0.3) is 0 Å². The fourth-order valence-corrected chi connectivity index (χ4v) is 2.08. The van der Waals surface area contributed by atoms with Gasteiger partial charge in [0.25, 0.3) is 0 Å². The molecule has 1 aliphatic heterocycles. The van der Waals surface area contributed by atoms with Gasteiger partial charge in [-0.25, -0.2) is 0 Å². The Morgan fingerprint density at radius 3 is 2.71 bits per heavy atom. The zero-order valence-corrected chi connectivity index (χ0v) is 11.4. The molecule has 1 rings (SSSR count). The second kappa shape index (κ2) is 5.83. The molecule has 4 nitrogen and oxygen atoms in total. The quantitative estimate of drug-likeness (QED) is 0.761. The van der Waals surface area contributed by atoms with Crippen LogP contribution < -0.4 is 0 Å². The number of carbonyl (C=O) groups is 1. The van der Waals surface area contributed by atoms with Gasteiger partial charge in [-0.1, -0.05) is 0 Å². The summed E-state index contributed by atoms with van der Waals surface area (Å²) in [6.07, 6.45) is 2.30. The molecule has 2 atom stereocenters. The Bertz CT molecular complexity index is 258. The van der Waals surface area contributed by atoms with Crippen molar-refractivity contribution in [3.63, 3.8) is 0 Å². The lowest BCUT2D eigenvalue weighted by Crippen LogP contribution is -2.41. The summed E-state index contributed by atoms with van der Waals surface area (Å²) in [7, 11) is 0. The lowest BCUT2D eigenvalue weighted by Gasteiger charge is -2.27. The van der Waals surface area contributed by atoms with E-state index in [0.29, 0.717) is 6.42 Å². The van der Waals surface area contributed by atoms with E-state index in [9.17, 15) is 9.90 Å². The standard InChI is InChI=1S/C13H25NO3/c1-10(15)7-9-14-8-5-6-11(14)12(16)17-13(2,3)4/h10-11,15H,5-9H2,1-4H3/t10?,11-/m0/s1. The van der Waals surface area contributed by atoms with E-state index in [2.05, 4.69) is 4.90 Å². The summed E-state index contributed by atoms with van der Waals surface area (Å²) < 4.78 is 5.42. The van der Waals surface area contributed by atoms with Crippen LogP contribution >= 0.6 is 0 Å². The Hall–Kier alpha value is -0.610. The van der Waals surface area contributed by atoms with Crippen molar-refractivity contribution in [3.8, 4) is 0 Å². The van der Waals surface area contributed by atoms with E-state index >= 15 is 0 Å². The minimum atomic E-state index is -0.421. The summed E-state index contributed by atoms with van der Waals surface area (Å²) in [5, 5.41) is 9.28. The predicted octanol–water partition coefficient (Wildman–Crippen LogP) is 1.56. The first-order valence-corrected chi connectivity index (χ1v) is 6.44. The van der Waals surface area contributed by atoms with Gasteiger partial charge in [-0.05, 0) is 53.5 Å². The Morgan fingerprint density at radius 2 is 2.18 bits per heavy atom. The number of aliphatic hydroxyl groups excluding tert-OH is 1. The molecule has 0 radical (unpaired) electrons. The van der Waals surface area contributed by atoms with Crippen LogP contribution in [-0.2, 0) is 9.53 Å². The van der Waals surface area contributed by atoms with Crippen LogP contribution in [-0.4, -0.2) is 46.8 Å². The lowest BCUT2D eigenvalue weighted by molar-refractivity contribution is -0.160. The summed E-state index contributed by atoms with van der Waals surface area (Å²) in [6, 6.07) is -0.118. The number of nitrogens with zero attached hydrogens (tertiary/aromatic N) is 1. The van der Waals surface area contributed by atoms with Gasteiger partial charge in [-0.3, -0.25) is 9.69 Å². The Morgan fingerprint density at radius 1 is 1.53 bits per heavy atom. The van der Waals surface area contributed by atoms with E-state index in [1.807, 2.05) is 20.8 Å². The van der Waals surface area contributed by atoms with Gasteiger partial charge in [0.15, 0.2) is 0 Å². The van der Waals surface area contributed by atoms with E-state index in [1.165, 1.54) is 0 Å². The van der Waals surface area contributed by atoms with Gasteiger partial charge in [-0.2, -0.15) is 0 Å². The number of likely N-dealkylation sites (tertiary alicyclic amines) is 1. The smallest absolute Gasteiger partial charge is 0.323 e. The number of hydrogen-bond acceptors (Lipinski definition) is 4. The molecule has 4 heteroatoms. The van der Waals surface area contributed by atoms with Crippen LogP contribution in [0.5, 0.6) is 0 Å². The molecular weight excluding hydrogens is 218 g/mol. The molecule has 17 heavy (non-hydrogen) atoms. The van der Waals surface area contributed by atoms with Crippen molar-refractivity contribution in [1.82, 2.24) is 4.90 Å². The third-order valence-corrected chi connectivity index (χ3v) is 2.88. The van der Waals surface area contributed by atoms with Crippen LogP contribution in [0.15, 0.2) is 0 Å². The second-order valence-electron chi connectivity index (χ2n) is 5.87. The van der Waals surface area contributed by atoms with E-state index in [4.69, 9.17) is 4.74 Å². The Kier molecular flexibility index (Phi) is 4.95. The number of carbonyl (C=O) groups excluding carboxylic acids is 1. The van der Waals surface area contributed by atoms with Gasteiger partial charge in [0.1, 0.15) is 11.6 Å². The summed E-state index contributed by atoms with van der Waals surface area (Å²) >= 11 is 0. The van der Waals surface area contributed by atoms with Crippen LogP contribution in [0.3, 0.4) is 0 Å². The molecule has 0 spiro atoms. The molecule has 1 aliphatic rings. The van der Waals surface area contributed by atoms with E-state index in [1.54, 1.807) is 6.92 Å². The highest BCUT2D eigenvalue weighted by Gasteiger charge is 2.33. The van der Waals surface area contributed by atoms with Crippen LogP contribution in [0.2, 0.25) is 0 Å². The number of rotatable bonds is 4. The molecule has 0 bridgehead atoms. The number of esters is 1. The second-order valence-corrected chi connectivity index (χ2v) is 5.87. The minimum Gasteiger partial charge on any atom is -0.459 e. The molecule has 0 aromatic heterocycles. The van der Waals surface area contributed by atoms with Crippen molar-refractivity contribution in [2.45, 2.75) is 64.7 Å². The molecule has 1 heterocycles. The van der Waals surface area contributed by atoms with Crippen molar-refractivity contribution in [2.24, 2.45) is 0 Å². The number of hydrogen-bond donors (Lipinski definition) is 1. The zero-order valence-electron chi connectivity index (χ0n) is 11.4. The fourth-order valence-electron chi connectivity index (χ4n) is 2.08. The van der Waals surface area contributed by atoms with E-state index in [-0.39, 0.29) is 18.1 Å². The Balaban J connectivity index is 2.48. The topological polar surface area (TPSA) is 49.8 Å². The summed E-state index contributed by atoms with van der Waals surface area (Å²) in [4.78, 5) is 14.1. The molecule has 1 unspecified atom stereocenters. The average molecular weight is 243 g/mol. The first-order valence-electron chi connectivity index (χ1n) is 6.44. The molecule has 0 aliphatic carbocycles. The summed E-state index contributed by atoms with van der Waals surface area (Å²) in [6.45, 7) is 9.14. The molecule has 0 aromatic carbocycles. The summed E-state index contributed by atoms with van der Waals surface area (Å²) in [5.41, 5.74) is -0.421. The maximum Gasteiger partial charge on any atom is 0.323 e. The molecule has 1 N–H and O–H groups in total. The predicted molar refractivity (Wildman–Crippen MR) is 66.7 cm³/mol. The maximum atomic E-state index is 12.0. The highest BCUT2D eigenvalue weighted by atomic mass is 16.6. The summed E-state index contributed by atoms with van der Waals surface area (Å²) in [5.74, 6) is -0.124. The van der Waals surface area contributed by atoms with Crippen LogP contribution in [0, 0.1) is 0 Å².